The summed E-state index contributed by atoms with van der Waals surface area (Å²) < 4.78 is 5.25. The van der Waals surface area contributed by atoms with E-state index in [0.29, 0.717) is 23.0 Å². The molecule has 0 aliphatic carbocycles. The van der Waals surface area contributed by atoms with Gasteiger partial charge in [-0.15, -0.1) is 10.2 Å². The quantitative estimate of drug-likeness (QED) is 0.580. The molecule has 27 heavy (non-hydrogen) atoms. The molecule has 0 saturated carbocycles. The van der Waals surface area contributed by atoms with Crippen molar-refractivity contribution in [2.24, 2.45) is 0 Å². The minimum absolute atomic E-state index is 0.0886. The maximum Gasteiger partial charge on any atom is 0.260 e. The number of nitrogens with zero attached hydrogens (tertiary/aromatic N) is 3. The molecule has 0 fully saturated rings. The average Bonchev–Trinajstić information content (AvgIpc) is 3.18. The number of aromatic nitrogens is 2. The first kappa shape index (κ1) is 19.0. The Balaban J connectivity index is 1.91. The summed E-state index contributed by atoms with van der Waals surface area (Å²) >= 11 is 1.44. The Kier molecular flexibility index (Phi) is 6.19. The van der Waals surface area contributed by atoms with E-state index < -0.39 is 0 Å². The van der Waals surface area contributed by atoms with Gasteiger partial charge in [-0.25, -0.2) is 0 Å². The van der Waals surface area contributed by atoms with Crippen molar-refractivity contribution in [2.45, 2.75) is 26.7 Å². The molecule has 1 heterocycles. The van der Waals surface area contributed by atoms with Crippen molar-refractivity contribution < 1.29 is 9.53 Å². The number of hydrogen-bond donors (Lipinski definition) is 0. The van der Waals surface area contributed by atoms with Crippen molar-refractivity contribution in [3.05, 3.63) is 59.7 Å². The number of amides is 1. The fourth-order valence-corrected chi connectivity index (χ4v) is 3.60. The predicted molar refractivity (Wildman–Crippen MR) is 110 cm³/mol. The van der Waals surface area contributed by atoms with Gasteiger partial charge in [-0.2, -0.15) is 0 Å². The third-order valence-corrected chi connectivity index (χ3v) is 5.20. The number of methoxy groups -OCH3 is 1. The molecule has 140 valence electrons. The molecule has 2 aromatic carbocycles. The summed E-state index contributed by atoms with van der Waals surface area (Å²) in [5.41, 5.74) is 2.76. The van der Waals surface area contributed by atoms with Gasteiger partial charge in [0.15, 0.2) is 0 Å². The van der Waals surface area contributed by atoms with Crippen LogP contribution in [0.3, 0.4) is 0 Å². The summed E-state index contributed by atoms with van der Waals surface area (Å²) in [5.74, 6) is 0.572. The number of ether oxygens (including phenoxy) is 1. The van der Waals surface area contributed by atoms with E-state index in [1.165, 1.54) is 16.9 Å². The number of unbranched alkanes of at least 4 members (excludes halogenated alkanes) is 1. The zero-order valence-electron chi connectivity index (χ0n) is 15.8. The molecule has 3 rings (SSSR count). The number of carbonyl (C=O) groups excluding carboxylic acids is 1. The molecule has 5 nitrogen and oxygen atoms in total. The highest BCUT2D eigenvalue weighted by atomic mass is 32.1. The second-order valence-corrected chi connectivity index (χ2v) is 7.26. The lowest BCUT2D eigenvalue weighted by Gasteiger charge is -2.19. The van der Waals surface area contributed by atoms with Crippen molar-refractivity contribution in [2.75, 3.05) is 18.6 Å². The van der Waals surface area contributed by atoms with Crippen molar-refractivity contribution in [1.29, 1.82) is 0 Å². The lowest BCUT2D eigenvalue weighted by molar-refractivity contribution is 0.0986. The summed E-state index contributed by atoms with van der Waals surface area (Å²) in [5, 5.41) is 10.1. The minimum atomic E-state index is -0.0886. The molecule has 0 radical (unpaired) electrons. The Morgan fingerprint density at radius 1 is 1.15 bits per heavy atom. The van der Waals surface area contributed by atoms with Crippen LogP contribution in [0.25, 0.3) is 10.6 Å². The van der Waals surface area contributed by atoms with Crippen LogP contribution in [-0.2, 0) is 0 Å². The van der Waals surface area contributed by atoms with Crippen molar-refractivity contribution in [3.8, 4) is 16.3 Å². The van der Waals surface area contributed by atoms with E-state index in [2.05, 4.69) is 23.2 Å². The van der Waals surface area contributed by atoms with Gasteiger partial charge in [-0.1, -0.05) is 54.5 Å². The Morgan fingerprint density at radius 2 is 1.96 bits per heavy atom. The van der Waals surface area contributed by atoms with Crippen LogP contribution in [0.5, 0.6) is 5.75 Å². The highest BCUT2D eigenvalue weighted by molar-refractivity contribution is 7.18. The van der Waals surface area contributed by atoms with Crippen LogP contribution in [-0.4, -0.2) is 29.8 Å². The van der Waals surface area contributed by atoms with E-state index in [1.54, 1.807) is 24.1 Å². The predicted octanol–water partition coefficient (Wildman–Crippen LogP) is 4.97. The molecule has 0 saturated heterocycles. The lowest BCUT2D eigenvalue weighted by Crippen LogP contribution is -2.31. The van der Waals surface area contributed by atoms with Gasteiger partial charge in [0, 0.05) is 17.7 Å². The van der Waals surface area contributed by atoms with Crippen LogP contribution in [0.15, 0.2) is 48.5 Å². The summed E-state index contributed by atoms with van der Waals surface area (Å²) in [6.07, 6.45) is 1.89. The summed E-state index contributed by atoms with van der Waals surface area (Å²) in [6, 6.07) is 15.3. The Bertz CT molecular complexity index is 923. The van der Waals surface area contributed by atoms with Gasteiger partial charge in [0.05, 0.1) is 7.11 Å². The number of aryl methyl sites for hydroxylation is 1. The van der Waals surface area contributed by atoms with Crippen LogP contribution in [0.2, 0.25) is 0 Å². The second-order valence-electron chi connectivity index (χ2n) is 6.30. The zero-order chi connectivity index (χ0) is 19.2. The number of hydrogen-bond acceptors (Lipinski definition) is 5. The smallest absolute Gasteiger partial charge is 0.260 e. The molecule has 0 spiro atoms. The molecular formula is C21H23N3O2S. The van der Waals surface area contributed by atoms with Crippen molar-refractivity contribution in [1.82, 2.24) is 10.2 Å². The third-order valence-electron chi connectivity index (χ3n) is 4.21. The zero-order valence-corrected chi connectivity index (χ0v) is 16.6. The fraction of sp³-hybridized carbons (Fsp3) is 0.286. The first-order valence-corrected chi connectivity index (χ1v) is 9.80. The number of carbonyl (C=O) groups is 1. The topological polar surface area (TPSA) is 55.3 Å². The van der Waals surface area contributed by atoms with E-state index in [4.69, 9.17) is 4.74 Å². The minimum Gasteiger partial charge on any atom is -0.497 e. The molecule has 1 amide bonds. The van der Waals surface area contributed by atoms with Crippen LogP contribution in [0.4, 0.5) is 5.13 Å². The Hall–Kier alpha value is -2.73. The third kappa shape index (κ3) is 4.52. The van der Waals surface area contributed by atoms with Crippen LogP contribution < -0.4 is 9.64 Å². The van der Waals surface area contributed by atoms with Crippen molar-refractivity contribution in [3.63, 3.8) is 0 Å². The number of rotatable bonds is 7. The highest BCUT2D eigenvalue weighted by Crippen LogP contribution is 2.30. The number of anilines is 1. The molecule has 6 heteroatoms. The van der Waals surface area contributed by atoms with Crippen LogP contribution >= 0.6 is 11.3 Å². The van der Waals surface area contributed by atoms with E-state index >= 15 is 0 Å². The van der Waals surface area contributed by atoms with Gasteiger partial charge in [0.1, 0.15) is 10.8 Å². The summed E-state index contributed by atoms with van der Waals surface area (Å²) in [4.78, 5) is 14.8. The molecule has 0 N–H and O–H groups in total. The first-order chi connectivity index (χ1) is 13.1. The van der Waals surface area contributed by atoms with E-state index in [0.717, 1.165) is 23.4 Å². The van der Waals surface area contributed by atoms with Crippen LogP contribution in [0.1, 0.15) is 35.7 Å². The maximum atomic E-state index is 13.1. The fourth-order valence-electron chi connectivity index (χ4n) is 2.73. The van der Waals surface area contributed by atoms with E-state index in [1.807, 2.05) is 37.3 Å². The van der Waals surface area contributed by atoms with Crippen molar-refractivity contribution >= 4 is 22.4 Å². The van der Waals surface area contributed by atoms with Gasteiger partial charge >= 0.3 is 0 Å². The highest BCUT2D eigenvalue weighted by Gasteiger charge is 2.22. The standard InChI is InChI=1S/C21H23N3O2S/c1-4-5-12-24(20(25)17-10-7-11-18(14-17)26-3)21-23-22-19(27-21)16-9-6-8-15(2)13-16/h6-11,13-14H,4-5,12H2,1-3H3. The average molecular weight is 382 g/mol. The molecular weight excluding hydrogens is 358 g/mol. The Morgan fingerprint density at radius 3 is 2.70 bits per heavy atom. The molecule has 0 aliphatic rings. The first-order valence-electron chi connectivity index (χ1n) is 8.99. The van der Waals surface area contributed by atoms with Gasteiger partial charge in [0.2, 0.25) is 5.13 Å². The normalized spacial score (nSPS) is 10.6. The molecule has 0 bridgehead atoms. The van der Waals surface area contributed by atoms with E-state index in [9.17, 15) is 4.79 Å². The van der Waals surface area contributed by atoms with Gasteiger partial charge in [-0.05, 0) is 37.6 Å². The maximum absolute atomic E-state index is 13.1. The summed E-state index contributed by atoms with van der Waals surface area (Å²) in [6.45, 7) is 4.76. The van der Waals surface area contributed by atoms with Gasteiger partial charge in [-0.3, -0.25) is 9.69 Å². The molecule has 1 aromatic heterocycles. The SMILES string of the molecule is CCCCN(C(=O)c1cccc(OC)c1)c1nnc(-c2cccc(C)c2)s1. The van der Waals surface area contributed by atoms with Gasteiger partial charge in [0.25, 0.3) is 5.91 Å². The van der Waals surface area contributed by atoms with Crippen LogP contribution in [0, 0.1) is 6.92 Å². The summed E-state index contributed by atoms with van der Waals surface area (Å²) in [7, 11) is 1.59. The molecule has 3 aromatic rings. The monoisotopic (exact) mass is 381 g/mol. The lowest BCUT2D eigenvalue weighted by atomic mass is 10.1. The molecule has 0 unspecified atom stereocenters. The molecule has 0 atom stereocenters. The van der Waals surface area contributed by atoms with E-state index in [-0.39, 0.29) is 5.91 Å². The Labute approximate surface area is 163 Å². The largest absolute Gasteiger partial charge is 0.497 e. The molecule has 0 aliphatic heterocycles. The van der Waals surface area contributed by atoms with Gasteiger partial charge < -0.3 is 4.74 Å². The number of benzene rings is 2. The second kappa shape index (κ2) is 8.77.